The van der Waals surface area contributed by atoms with E-state index in [1.54, 1.807) is 0 Å². The number of esters is 2. The number of Topliss-reactive ketones (excluding diaryl/α,β-unsaturated/α-hetero) is 2. The van der Waals surface area contributed by atoms with Crippen molar-refractivity contribution in [2.24, 2.45) is 0 Å². The van der Waals surface area contributed by atoms with E-state index in [1.165, 1.54) is 0 Å². The average molecular weight is 348 g/mol. The minimum atomic E-state index is -1.74. The predicted octanol–water partition coefficient (Wildman–Crippen LogP) is 1.26. The van der Waals surface area contributed by atoms with Crippen molar-refractivity contribution < 1.29 is 32.7 Å². The van der Waals surface area contributed by atoms with Crippen molar-refractivity contribution in [3.05, 3.63) is 59.2 Å². The van der Waals surface area contributed by atoms with Gasteiger partial charge in [0.1, 0.15) is 11.6 Å². The largest absolute Gasteiger partial charge is 0.398 e. The Hall–Kier alpha value is -3.62. The highest BCUT2D eigenvalue weighted by Gasteiger charge is 2.28. The van der Waals surface area contributed by atoms with E-state index >= 15 is 0 Å². The van der Waals surface area contributed by atoms with E-state index in [-0.39, 0.29) is 11.4 Å². The standard InChI is InChI=1S/C16H10F2N2O5/c17-7-1-3-11(19)9(5-7)13(21)15(23)25-16(24)14(22)10-6-8(18)2-4-12(10)20/h1-6H,19-20H2. The van der Waals surface area contributed by atoms with Gasteiger partial charge in [0.05, 0.1) is 11.1 Å². The monoisotopic (exact) mass is 348 g/mol. The van der Waals surface area contributed by atoms with Crippen LogP contribution in [0.25, 0.3) is 0 Å². The first-order valence-corrected chi connectivity index (χ1v) is 6.66. The lowest BCUT2D eigenvalue weighted by Gasteiger charge is -2.06. The van der Waals surface area contributed by atoms with Gasteiger partial charge in [0.15, 0.2) is 0 Å². The van der Waals surface area contributed by atoms with E-state index in [9.17, 15) is 28.0 Å². The van der Waals surface area contributed by atoms with Crippen LogP contribution in [0.2, 0.25) is 0 Å². The molecule has 4 N–H and O–H groups in total. The number of hydrogen-bond donors (Lipinski definition) is 2. The molecule has 25 heavy (non-hydrogen) atoms. The van der Waals surface area contributed by atoms with Gasteiger partial charge < -0.3 is 16.2 Å². The SMILES string of the molecule is Nc1ccc(F)cc1C(=O)C(=O)OC(=O)C(=O)c1cc(F)ccc1N. The topological polar surface area (TPSA) is 130 Å². The van der Waals surface area contributed by atoms with Gasteiger partial charge in [-0.05, 0) is 36.4 Å². The van der Waals surface area contributed by atoms with Crippen LogP contribution in [0.4, 0.5) is 20.2 Å². The Morgan fingerprint density at radius 1 is 0.720 bits per heavy atom. The van der Waals surface area contributed by atoms with Crippen LogP contribution in [0.15, 0.2) is 36.4 Å². The van der Waals surface area contributed by atoms with Crippen LogP contribution in [0.3, 0.4) is 0 Å². The molecule has 0 aliphatic rings. The normalized spacial score (nSPS) is 10.2. The molecule has 0 aromatic heterocycles. The summed E-state index contributed by atoms with van der Waals surface area (Å²) in [7, 11) is 0. The first kappa shape index (κ1) is 17.7. The molecule has 0 saturated carbocycles. The van der Waals surface area contributed by atoms with Gasteiger partial charge in [0.2, 0.25) is 0 Å². The fraction of sp³-hybridized carbons (Fsp3) is 0. The molecule has 2 aromatic rings. The maximum Gasteiger partial charge on any atom is 0.387 e. The summed E-state index contributed by atoms with van der Waals surface area (Å²) in [5.74, 6) is -8.03. The van der Waals surface area contributed by atoms with Gasteiger partial charge in [-0.1, -0.05) is 0 Å². The number of carbonyl (C=O) groups is 4. The highest BCUT2D eigenvalue weighted by molar-refractivity contribution is 6.49. The first-order chi connectivity index (χ1) is 11.7. The lowest BCUT2D eigenvalue weighted by atomic mass is 10.1. The molecule has 2 rings (SSSR count). The summed E-state index contributed by atoms with van der Waals surface area (Å²) in [6.07, 6.45) is 0. The third kappa shape index (κ3) is 3.83. The van der Waals surface area contributed by atoms with Crippen molar-refractivity contribution in [1.29, 1.82) is 0 Å². The predicted molar refractivity (Wildman–Crippen MR) is 81.4 cm³/mol. The number of nitrogen functional groups attached to an aromatic ring is 2. The van der Waals surface area contributed by atoms with E-state index in [4.69, 9.17) is 11.5 Å². The van der Waals surface area contributed by atoms with E-state index in [1.807, 2.05) is 0 Å². The van der Waals surface area contributed by atoms with Crippen molar-refractivity contribution >= 4 is 34.9 Å². The second-order valence-electron chi connectivity index (χ2n) is 4.80. The lowest BCUT2D eigenvalue weighted by molar-refractivity contribution is -0.152. The molecule has 0 fully saturated rings. The number of halogens is 2. The fourth-order valence-electron chi connectivity index (χ4n) is 1.85. The molecular formula is C16H10F2N2O5. The van der Waals surface area contributed by atoms with Crippen LogP contribution in [-0.2, 0) is 14.3 Å². The third-order valence-electron chi connectivity index (χ3n) is 3.08. The quantitative estimate of drug-likeness (QED) is 0.280. The molecule has 0 radical (unpaired) electrons. The maximum atomic E-state index is 13.1. The molecule has 0 saturated heterocycles. The minimum absolute atomic E-state index is 0.225. The van der Waals surface area contributed by atoms with Gasteiger partial charge in [0, 0.05) is 11.4 Å². The number of ketones is 2. The van der Waals surface area contributed by atoms with Gasteiger partial charge in [-0.15, -0.1) is 0 Å². The molecular weight excluding hydrogens is 338 g/mol. The number of hydrogen-bond acceptors (Lipinski definition) is 7. The molecule has 0 amide bonds. The zero-order valence-corrected chi connectivity index (χ0v) is 12.4. The molecule has 2 aromatic carbocycles. The number of anilines is 2. The molecule has 0 aliphatic carbocycles. The molecule has 0 heterocycles. The molecule has 0 bridgehead atoms. The van der Waals surface area contributed by atoms with Crippen LogP contribution in [0.1, 0.15) is 20.7 Å². The molecule has 7 nitrogen and oxygen atoms in total. The molecule has 0 spiro atoms. The summed E-state index contributed by atoms with van der Waals surface area (Å²) in [6.45, 7) is 0. The lowest BCUT2D eigenvalue weighted by Crippen LogP contribution is -2.27. The number of ether oxygens (including phenoxy) is 1. The first-order valence-electron chi connectivity index (χ1n) is 6.66. The highest BCUT2D eigenvalue weighted by atomic mass is 19.1. The van der Waals surface area contributed by atoms with Gasteiger partial charge in [-0.3, -0.25) is 9.59 Å². The second-order valence-corrected chi connectivity index (χ2v) is 4.80. The van der Waals surface area contributed by atoms with Crippen LogP contribution in [-0.4, -0.2) is 23.5 Å². The van der Waals surface area contributed by atoms with E-state index in [0.717, 1.165) is 24.3 Å². The Bertz CT molecular complexity index is 838. The average Bonchev–Trinajstić information content (AvgIpc) is 2.57. The summed E-state index contributed by atoms with van der Waals surface area (Å²) in [6, 6.07) is 5.34. The van der Waals surface area contributed by atoms with Crippen LogP contribution in [0, 0.1) is 11.6 Å². The molecule has 0 aliphatic heterocycles. The molecule has 9 heteroatoms. The third-order valence-corrected chi connectivity index (χ3v) is 3.08. The van der Waals surface area contributed by atoms with Gasteiger partial charge in [0.25, 0.3) is 11.6 Å². The Morgan fingerprint density at radius 2 is 1.08 bits per heavy atom. The highest BCUT2D eigenvalue weighted by Crippen LogP contribution is 2.17. The number of carbonyl (C=O) groups excluding carboxylic acids is 4. The van der Waals surface area contributed by atoms with Gasteiger partial charge in [-0.2, -0.15) is 0 Å². The summed E-state index contributed by atoms with van der Waals surface area (Å²) < 4.78 is 30.4. The van der Waals surface area contributed by atoms with Crippen LogP contribution in [0.5, 0.6) is 0 Å². The Morgan fingerprint density at radius 3 is 1.44 bits per heavy atom. The number of nitrogens with two attached hydrogens (primary N) is 2. The zero-order valence-electron chi connectivity index (χ0n) is 12.4. The van der Waals surface area contributed by atoms with E-state index in [0.29, 0.717) is 12.1 Å². The van der Waals surface area contributed by atoms with Crippen LogP contribution >= 0.6 is 0 Å². The summed E-state index contributed by atoms with van der Waals surface area (Å²) in [4.78, 5) is 47.1. The molecule has 0 atom stereocenters. The smallest absolute Gasteiger partial charge is 0.387 e. The van der Waals surface area contributed by atoms with E-state index < -0.39 is 46.3 Å². The Labute approximate surface area is 139 Å². The maximum absolute atomic E-state index is 13.1. The van der Waals surface area contributed by atoms with Crippen molar-refractivity contribution in [1.82, 2.24) is 0 Å². The summed E-state index contributed by atoms with van der Waals surface area (Å²) in [5.41, 5.74) is 9.37. The summed E-state index contributed by atoms with van der Waals surface area (Å²) in [5, 5.41) is 0. The van der Waals surface area contributed by atoms with E-state index in [2.05, 4.69) is 4.74 Å². The second kappa shape index (κ2) is 6.87. The van der Waals surface area contributed by atoms with Crippen molar-refractivity contribution in [2.45, 2.75) is 0 Å². The van der Waals surface area contributed by atoms with Crippen molar-refractivity contribution in [3.63, 3.8) is 0 Å². The zero-order chi connectivity index (χ0) is 18.7. The number of benzene rings is 2. The van der Waals surface area contributed by atoms with Gasteiger partial charge >= 0.3 is 11.9 Å². The minimum Gasteiger partial charge on any atom is -0.398 e. The van der Waals surface area contributed by atoms with Crippen molar-refractivity contribution in [3.8, 4) is 0 Å². The van der Waals surface area contributed by atoms with Gasteiger partial charge in [-0.25, -0.2) is 18.4 Å². The fourth-order valence-corrected chi connectivity index (χ4v) is 1.85. The molecule has 0 unspecified atom stereocenters. The summed E-state index contributed by atoms with van der Waals surface area (Å²) >= 11 is 0. The Balaban J connectivity index is 2.18. The number of rotatable bonds is 4. The Kier molecular flexibility index (Phi) is 4.87. The van der Waals surface area contributed by atoms with Crippen molar-refractivity contribution in [2.75, 3.05) is 11.5 Å². The molecule has 128 valence electrons. The van der Waals surface area contributed by atoms with Crippen LogP contribution < -0.4 is 11.5 Å².